The Morgan fingerprint density at radius 2 is 1.75 bits per heavy atom. The standard InChI is InChI=1S/C20H20FN5O.ClH/c1-13(2)20(27)26-12-11-25-19(24-26)17(14-7-9-22-10-8-14)18(23-25)15-3-5-16(21)6-4-15;/h3-10,13,24H,11-12H2,1-2H3;1H. The Balaban J connectivity index is 0.00000225. The highest BCUT2D eigenvalue weighted by molar-refractivity contribution is 5.90. The lowest BCUT2D eigenvalue weighted by Crippen LogP contribution is -2.44. The van der Waals surface area contributed by atoms with Crippen LogP contribution in [-0.4, -0.2) is 32.2 Å². The van der Waals surface area contributed by atoms with Gasteiger partial charge in [-0.25, -0.2) is 9.07 Å². The molecule has 0 radical (unpaired) electrons. The molecule has 0 bridgehead atoms. The summed E-state index contributed by atoms with van der Waals surface area (Å²) in [5, 5.41) is 6.38. The van der Waals surface area contributed by atoms with Gasteiger partial charge in [-0.15, -0.1) is 12.4 Å². The van der Waals surface area contributed by atoms with Crippen molar-refractivity contribution in [3.05, 3.63) is 54.6 Å². The number of fused-ring (bicyclic) bond motifs is 1. The van der Waals surface area contributed by atoms with Crippen LogP contribution >= 0.6 is 12.4 Å². The predicted octanol–water partition coefficient (Wildman–Crippen LogP) is 4.00. The minimum Gasteiger partial charge on any atom is -0.279 e. The smallest absolute Gasteiger partial charge is 0.243 e. The number of nitrogens with zero attached hydrogens (tertiary/aromatic N) is 4. The van der Waals surface area contributed by atoms with Crippen LogP contribution < -0.4 is 5.43 Å². The van der Waals surface area contributed by atoms with Crippen molar-refractivity contribution in [2.45, 2.75) is 20.4 Å². The van der Waals surface area contributed by atoms with Crippen LogP contribution in [-0.2, 0) is 11.3 Å². The molecule has 1 N–H and O–H groups in total. The Morgan fingerprint density at radius 3 is 2.39 bits per heavy atom. The highest BCUT2D eigenvalue weighted by Crippen LogP contribution is 2.39. The first-order chi connectivity index (χ1) is 13.0. The third-order valence-electron chi connectivity index (χ3n) is 4.58. The summed E-state index contributed by atoms with van der Waals surface area (Å²) in [6.45, 7) is 4.87. The van der Waals surface area contributed by atoms with Gasteiger partial charge < -0.3 is 0 Å². The summed E-state index contributed by atoms with van der Waals surface area (Å²) >= 11 is 0. The monoisotopic (exact) mass is 401 g/mol. The van der Waals surface area contributed by atoms with Crippen molar-refractivity contribution >= 4 is 24.1 Å². The zero-order valence-electron chi connectivity index (χ0n) is 15.6. The van der Waals surface area contributed by atoms with Gasteiger partial charge in [0.1, 0.15) is 11.5 Å². The second-order valence-electron chi connectivity index (χ2n) is 6.79. The van der Waals surface area contributed by atoms with E-state index in [0.29, 0.717) is 13.1 Å². The fourth-order valence-corrected chi connectivity index (χ4v) is 3.19. The second kappa shape index (κ2) is 7.98. The number of anilines is 1. The molecule has 0 spiro atoms. The van der Waals surface area contributed by atoms with Crippen LogP contribution in [0.1, 0.15) is 13.8 Å². The van der Waals surface area contributed by atoms with Gasteiger partial charge in [-0.05, 0) is 42.0 Å². The molecule has 4 rings (SSSR count). The Morgan fingerprint density at radius 1 is 1.07 bits per heavy atom. The van der Waals surface area contributed by atoms with E-state index in [2.05, 4.69) is 10.4 Å². The lowest BCUT2D eigenvalue weighted by molar-refractivity contribution is -0.133. The number of halogens is 2. The van der Waals surface area contributed by atoms with E-state index in [4.69, 9.17) is 5.10 Å². The number of hydrogen-bond donors (Lipinski definition) is 1. The molecule has 2 aromatic heterocycles. The molecule has 1 amide bonds. The Bertz CT molecular complexity index is 972. The van der Waals surface area contributed by atoms with Gasteiger partial charge in [-0.2, -0.15) is 5.10 Å². The highest BCUT2D eigenvalue weighted by Gasteiger charge is 2.28. The van der Waals surface area contributed by atoms with E-state index in [1.54, 1.807) is 29.5 Å². The van der Waals surface area contributed by atoms with Crippen molar-refractivity contribution in [3.8, 4) is 22.4 Å². The van der Waals surface area contributed by atoms with E-state index in [1.807, 2.05) is 30.7 Å². The maximum Gasteiger partial charge on any atom is 0.243 e. The average molecular weight is 402 g/mol. The van der Waals surface area contributed by atoms with Crippen LogP contribution in [0.25, 0.3) is 22.4 Å². The predicted molar refractivity (Wildman–Crippen MR) is 108 cm³/mol. The molecule has 1 aliphatic rings. The number of pyridine rings is 1. The van der Waals surface area contributed by atoms with Gasteiger partial charge in [-0.1, -0.05) is 13.8 Å². The SMILES string of the molecule is CC(C)C(=O)N1CCn2nc(-c3ccc(F)cc3)c(-c3ccncc3)c2N1.Cl. The number of aromatic nitrogens is 3. The minimum absolute atomic E-state index is 0. The fraction of sp³-hybridized carbons (Fsp3) is 0.250. The van der Waals surface area contributed by atoms with Crippen LogP contribution in [0.3, 0.4) is 0 Å². The Labute approximate surface area is 168 Å². The van der Waals surface area contributed by atoms with Crippen molar-refractivity contribution < 1.29 is 9.18 Å². The van der Waals surface area contributed by atoms with E-state index >= 15 is 0 Å². The number of hydrazine groups is 1. The first-order valence-corrected chi connectivity index (χ1v) is 8.90. The number of carbonyl (C=O) groups is 1. The number of carbonyl (C=O) groups excluding carboxylic acids is 1. The number of amides is 1. The fourth-order valence-electron chi connectivity index (χ4n) is 3.19. The van der Waals surface area contributed by atoms with Crippen molar-refractivity contribution in [3.63, 3.8) is 0 Å². The normalized spacial score (nSPS) is 12.9. The Hall–Kier alpha value is -2.93. The molecule has 3 aromatic rings. The molecule has 28 heavy (non-hydrogen) atoms. The zero-order chi connectivity index (χ0) is 19.0. The minimum atomic E-state index is -0.292. The number of nitrogens with one attached hydrogen (secondary N) is 1. The van der Waals surface area contributed by atoms with Crippen molar-refractivity contribution in [2.75, 3.05) is 12.0 Å². The van der Waals surface area contributed by atoms with Crippen LogP contribution in [0, 0.1) is 11.7 Å². The largest absolute Gasteiger partial charge is 0.279 e. The average Bonchev–Trinajstić information content (AvgIpc) is 3.07. The first-order valence-electron chi connectivity index (χ1n) is 8.90. The van der Waals surface area contributed by atoms with Gasteiger partial charge in [0, 0.05) is 23.9 Å². The number of rotatable bonds is 3. The quantitative estimate of drug-likeness (QED) is 0.720. The Kier molecular flexibility index (Phi) is 5.65. The molecular weight excluding hydrogens is 381 g/mol. The van der Waals surface area contributed by atoms with E-state index in [0.717, 1.165) is 28.2 Å². The molecule has 0 unspecified atom stereocenters. The van der Waals surface area contributed by atoms with Crippen LogP contribution in [0.4, 0.5) is 10.2 Å². The topological polar surface area (TPSA) is 63.1 Å². The molecule has 0 fully saturated rings. The van der Waals surface area contributed by atoms with Gasteiger partial charge in [0.15, 0.2) is 5.82 Å². The summed E-state index contributed by atoms with van der Waals surface area (Å²) in [5.41, 5.74) is 6.58. The van der Waals surface area contributed by atoms with E-state index in [-0.39, 0.29) is 30.0 Å². The van der Waals surface area contributed by atoms with Gasteiger partial charge in [-0.3, -0.25) is 20.2 Å². The van der Waals surface area contributed by atoms with Gasteiger partial charge in [0.2, 0.25) is 5.91 Å². The molecule has 0 saturated carbocycles. The lowest BCUT2D eigenvalue weighted by atomic mass is 10.0. The number of benzene rings is 1. The van der Waals surface area contributed by atoms with Gasteiger partial charge >= 0.3 is 0 Å². The van der Waals surface area contributed by atoms with Gasteiger partial charge in [0.25, 0.3) is 0 Å². The summed E-state index contributed by atoms with van der Waals surface area (Å²) in [4.78, 5) is 16.5. The van der Waals surface area contributed by atoms with E-state index in [9.17, 15) is 9.18 Å². The molecular formula is C20H21ClFN5O. The first kappa shape index (κ1) is 19.8. The van der Waals surface area contributed by atoms with Crippen molar-refractivity contribution in [1.29, 1.82) is 0 Å². The third-order valence-corrected chi connectivity index (χ3v) is 4.58. The molecule has 0 atom stereocenters. The molecule has 8 heteroatoms. The summed E-state index contributed by atoms with van der Waals surface area (Å²) in [7, 11) is 0. The van der Waals surface area contributed by atoms with E-state index < -0.39 is 0 Å². The molecule has 146 valence electrons. The van der Waals surface area contributed by atoms with Crippen LogP contribution in [0.5, 0.6) is 0 Å². The summed E-state index contributed by atoms with van der Waals surface area (Å²) in [6, 6.07) is 10.1. The zero-order valence-corrected chi connectivity index (χ0v) is 16.4. The lowest BCUT2D eigenvalue weighted by Gasteiger charge is -2.31. The maximum absolute atomic E-state index is 13.4. The maximum atomic E-state index is 13.4. The van der Waals surface area contributed by atoms with Crippen LogP contribution in [0.2, 0.25) is 0 Å². The molecule has 1 aliphatic heterocycles. The molecule has 1 aromatic carbocycles. The van der Waals surface area contributed by atoms with E-state index in [1.165, 1.54) is 12.1 Å². The number of hydrogen-bond acceptors (Lipinski definition) is 4. The van der Waals surface area contributed by atoms with Crippen LogP contribution in [0.15, 0.2) is 48.8 Å². The van der Waals surface area contributed by atoms with Crippen molar-refractivity contribution in [2.24, 2.45) is 5.92 Å². The van der Waals surface area contributed by atoms with Gasteiger partial charge in [0.05, 0.1) is 18.7 Å². The highest BCUT2D eigenvalue weighted by atomic mass is 35.5. The second-order valence-corrected chi connectivity index (χ2v) is 6.79. The molecule has 3 heterocycles. The molecule has 6 nitrogen and oxygen atoms in total. The molecule has 0 aliphatic carbocycles. The summed E-state index contributed by atoms with van der Waals surface area (Å²) in [6.07, 6.45) is 3.43. The van der Waals surface area contributed by atoms with Crippen molar-refractivity contribution in [1.82, 2.24) is 19.8 Å². The summed E-state index contributed by atoms with van der Waals surface area (Å²) in [5.74, 6) is 0.389. The molecule has 0 saturated heterocycles. The summed E-state index contributed by atoms with van der Waals surface area (Å²) < 4.78 is 15.2. The third kappa shape index (κ3) is 3.57.